The number of anilines is 1. The first-order valence-electron chi connectivity index (χ1n) is 11.2. The third-order valence-corrected chi connectivity index (χ3v) is 7.51. The van der Waals surface area contributed by atoms with Crippen molar-refractivity contribution in [1.29, 1.82) is 0 Å². The molecule has 2 aromatic carbocycles. The summed E-state index contributed by atoms with van der Waals surface area (Å²) in [7, 11) is 0. The molecule has 3 heterocycles. The summed E-state index contributed by atoms with van der Waals surface area (Å²) in [4.78, 5) is 29.9. The van der Waals surface area contributed by atoms with Crippen LogP contribution >= 0.6 is 11.3 Å². The number of amides is 1. The van der Waals surface area contributed by atoms with Crippen LogP contribution in [-0.4, -0.2) is 46.8 Å². The molecule has 2 aromatic heterocycles. The van der Waals surface area contributed by atoms with Crippen molar-refractivity contribution in [1.82, 2.24) is 14.7 Å². The maximum atomic E-state index is 13.1. The highest BCUT2D eigenvalue weighted by Gasteiger charge is 2.21. The van der Waals surface area contributed by atoms with Crippen molar-refractivity contribution in [3.05, 3.63) is 70.4 Å². The average Bonchev–Trinajstić information content (AvgIpc) is 3.23. The van der Waals surface area contributed by atoms with Gasteiger partial charge in [-0.25, -0.2) is 9.07 Å². The summed E-state index contributed by atoms with van der Waals surface area (Å²) in [5.41, 5.74) is 1.73. The quantitative estimate of drug-likeness (QED) is 0.445. The van der Waals surface area contributed by atoms with Crippen molar-refractivity contribution in [2.24, 2.45) is 0 Å². The molecule has 0 atom stereocenters. The Morgan fingerprint density at radius 1 is 1.06 bits per heavy atom. The maximum absolute atomic E-state index is 13.1. The predicted molar refractivity (Wildman–Crippen MR) is 131 cm³/mol. The number of rotatable bonds is 5. The molecule has 0 aliphatic carbocycles. The molecule has 33 heavy (non-hydrogen) atoms. The van der Waals surface area contributed by atoms with Gasteiger partial charge in [0, 0.05) is 54.9 Å². The molecule has 1 amide bonds. The Balaban J connectivity index is 1.21. The summed E-state index contributed by atoms with van der Waals surface area (Å²) in [6.45, 7) is 5.07. The standard InChI is InChI=1S/C25H25FN4O2S/c1-17-24-23(20-5-2-3-6-21(20)33-24)25(32)30(27-17)12-4-7-22(31)29-15-13-28(14-16-29)19-10-8-18(26)9-11-19/h2-3,5-6,8-11H,4,7,12-16H2,1H3. The topological polar surface area (TPSA) is 58.4 Å². The summed E-state index contributed by atoms with van der Waals surface area (Å²) in [5, 5.41) is 6.21. The van der Waals surface area contributed by atoms with E-state index in [4.69, 9.17) is 0 Å². The molecule has 0 saturated carbocycles. The van der Waals surface area contributed by atoms with Crippen molar-refractivity contribution in [2.45, 2.75) is 26.3 Å². The highest BCUT2D eigenvalue weighted by molar-refractivity contribution is 7.26. The van der Waals surface area contributed by atoms with E-state index in [1.165, 1.54) is 16.8 Å². The maximum Gasteiger partial charge on any atom is 0.276 e. The molecule has 1 aliphatic heterocycles. The second-order valence-electron chi connectivity index (χ2n) is 8.36. The van der Waals surface area contributed by atoms with Crippen LogP contribution < -0.4 is 10.5 Å². The monoisotopic (exact) mass is 464 g/mol. The Bertz CT molecular complexity index is 1370. The number of piperazine rings is 1. The molecular weight excluding hydrogens is 439 g/mol. The van der Waals surface area contributed by atoms with Crippen molar-refractivity contribution in [3.8, 4) is 0 Å². The van der Waals surface area contributed by atoms with E-state index in [0.29, 0.717) is 32.5 Å². The average molecular weight is 465 g/mol. The van der Waals surface area contributed by atoms with Crippen LogP contribution in [0.2, 0.25) is 0 Å². The minimum absolute atomic E-state index is 0.0894. The van der Waals surface area contributed by atoms with E-state index in [-0.39, 0.29) is 17.3 Å². The van der Waals surface area contributed by atoms with Crippen LogP contribution in [0.5, 0.6) is 0 Å². The number of nitrogens with zero attached hydrogens (tertiary/aromatic N) is 4. The Labute approximate surface area is 194 Å². The molecular formula is C25H25FN4O2S. The Morgan fingerprint density at radius 2 is 1.79 bits per heavy atom. The number of aryl methyl sites for hydroxylation is 2. The van der Waals surface area contributed by atoms with Crippen molar-refractivity contribution in [3.63, 3.8) is 0 Å². The molecule has 0 bridgehead atoms. The van der Waals surface area contributed by atoms with Crippen LogP contribution in [0.1, 0.15) is 18.5 Å². The van der Waals surface area contributed by atoms with E-state index >= 15 is 0 Å². The molecule has 5 rings (SSSR count). The van der Waals surface area contributed by atoms with E-state index in [2.05, 4.69) is 10.00 Å². The number of carbonyl (C=O) groups is 1. The number of halogens is 1. The van der Waals surface area contributed by atoms with Crippen LogP contribution in [-0.2, 0) is 11.3 Å². The smallest absolute Gasteiger partial charge is 0.276 e. The fourth-order valence-corrected chi connectivity index (χ4v) is 5.60. The molecule has 0 spiro atoms. The summed E-state index contributed by atoms with van der Waals surface area (Å²) in [6, 6.07) is 14.4. The molecule has 1 aliphatic rings. The van der Waals surface area contributed by atoms with E-state index in [9.17, 15) is 14.0 Å². The normalized spacial score (nSPS) is 14.4. The van der Waals surface area contributed by atoms with E-state index in [1.807, 2.05) is 36.1 Å². The van der Waals surface area contributed by atoms with Crippen LogP contribution in [0.4, 0.5) is 10.1 Å². The lowest BCUT2D eigenvalue weighted by atomic mass is 10.2. The Kier molecular flexibility index (Phi) is 5.85. The number of hydrogen-bond acceptors (Lipinski definition) is 5. The summed E-state index contributed by atoms with van der Waals surface area (Å²) >= 11 is 1.60. The summed E-state index contributed by atoms with van der Waals surface area (Å²) in [5.74, 6) is -0.150. The molecule has 170 valence electrons. The number of carbonyl (C=O) groups excluding carboxylic acids is 1. The van der Waals surface area contributed by atoms with Gasteiger partial charge in [0.1, 0.15) is 5.82 Å². The molecule has 6 nitrogen and oxygen atoms in total. The minimum Gasteiger partial charge on any atom is -0.368 e. The second-order valence-corrected chi connectivity index (χ2v) is 9.42. The SMILES string of the molecule is Cc1nn(CCCC(=O)N2CCN(c3ccc(F)cc3)CC2)c(=O)c2c1sc1ccccc12. The fourth-order valence-electron chi connectivity index (χ4n) is 4.47. The number of hydrogen-bond donors (Lipinski definition) is 0. The van der Waals surface area contributed by atoms with Gasteiger partial charge in [0.2, 0.25) is 5.91 Å². The lowest BCUT2D eigenvalue weighted by Crippen LogP contribution is -2.48. The second kappa shape index (κ2) is 8.94. The molecule has 1 saturated heterocycles. The van der Waals surface area contributed by atoms with Gasteiger partial charge in [-0.15, -0.1) is 11.3 Å². The first-order valence-corrected chi connectivity index (χ1v) is 12.0. The van der Waals surface area contributed by atoms with Crippen LogP contribution in [0, 0.1) is 12.7 Å². The number of aromatic nitrogens is 2. The molecule has 4 aromatic rings. The van der Waals surface area contributed by atoms with Crippen molar-refractivity contribution in [2.75, 3.05) is 31.1 Å². The summed E-state index contributed by atoms with van der Waals surface area (Å²) < 4.78 is 16.7. The van der Waals surface area contributed by atoms with Gasteiger partial charge >= 0.3 is 0 Å². The first kappa shape index (κ1) is 21.6. The predicted octanol–water partition coefficient (Wildman–Crippen LogP) is 4.19. The molecule has 0 radical (unpaired) electrons. The zero-order valence-corrected chi connectivity index (χ0v) is 19.3. The number of fused-ring (bicyclic) bond motifs is 3. The van der Waals surface area contributed by atoms with Gasteiger partial charge in [-0.05, 0) is 43.7 Å². The van der Waals surface area contributed by atoms with Gasteiger partial charge in [0.15, 0.2) is 0 Å². The molecule has 0 unspecified atom stereocenters. The van der Waals surface area contributed by atoms with Crippen LogP contribution in [0.25, 0.3) is 20.2 Å². The number of benzene rings is 2. The van der Waals surface area contributed by atoms with Crippen molar-refractivity contribution >= 4 is 43.1 Å². The third kappa shape index (κ3) is 4.23. The number of thiophene rings is 1. The fraction of sp³-hybridized carbons (Fsp3) is 0.320. The highest BCUT2D eigenvalue weighted by Crippen LogP contribution is 2.32. The lowest BCUT2D eigenvalue weighted by molar-refractivity contribution is -0.131. The minimum atomic E-state index is -0.248. The van der Waals surface area contributed by atoms with Gasteiger partial charge < -0.3 is 9.80 Å². The van der Waals surface area contributed by atoms with E-state index in [0.717, 1.165) is 44.6 Å². The van der Waals surface area contributed by atoms with Crippen LogP contribution in [0.15, 0.2) is 53.3 Å². The Morgan fingerprint density at radius 3 is 2.55 bits per heavy atom. The first-order chi connectivity index (χ1) is 16.0. The van der Waals surface area contributed by atoms with Gasteiger partial charge in [0.05, 0.1) is 15.8 Å². The Hall–Kier alpha value is -3.26. The van der Waals surface area contributed by atoms with Gasteiger partial charge in [0.25, 0.3) is 5.56 Å². The van der Waals surface area contributed by atoms with Gasteiger partial charge in [-0.2, -0.15) is 5.10 Å². The highest BCUT2D eigenvalue weighted by atomic mass is 32.1. The van der Waals surface area contributed by atoms with Crippen molar-refractivity contribution < 1.29 is 9.18 Å². The molecule has 8 heteroatoms. The van der Waals surface area contributed by atoms with Crippen LogP contribution in [0.3, 0.4) is 0 Å². The zero-order valence-electron chi connectivity index (χ0n) is 18.5. The van der Waals surface area contributed by atoms with E-state index < -0.39 is 0 Å². The van der Waals surface area contributed by atoms with Gasteiger partial charge in [-0.1, -0.05) is 18.2 Å². The zero-order chi connectivity index (χ0) is 22.9. The molecule has 1 fully saturated rings. The molecule has 0 N–H and O–H groups in total. The van der Waals surface area contributed by atoms with E-state index in [1.54, 1.807) is 23.5 Å². The summed E-state index contributed by atoms with van der Waals surface area (Å²) in [6.07, 6.45) is 0.947. The lowest BCUT2D eigenvalue weighted by Gasteiger charge is -2.36. The largest absolute Gasteiger partial charge is 0.368 e. The third-order valence-electron chi connectivity index (χ3n) is 6.23. The van der Waals surface area contributed by atoms with Gasteiger partial charge in [-0.3, -0.25) is 9.59 Å².